The van der Waals surface area contributed by atoms with E-state index in [-0.39, 0.29) is 4.90 Å². The number of sulfonamides is 1. The average Bonchev–Trinajstić information content (AvgIpc) is 3.12. The molecule has 26 heavy (non-hydrogen) atoms. The monoisotopic (exact) mass is 394 g/mol. The number of guanidine groups is 1. The van der Waals surface area contributed by atoms with Crippen molar-refractivity contribution in [1.29, 1.82) is 0 Å². The number of aliphatic imine (C=N–C) groups is 1. The van der Waals surface area contributed by atoms with Crippen LogP contribution in [0.25, 0.3) is 0 Å². The molecule has 0 unspecified atom stereocenters. The Labute approximate surface area is 159 Å². The molecule has 3 N–H and O–H groups in total. The maximum atomic E-state index is 11.9. The fourth-order valence-electron chi connectivity index (χ4n) is 2.32. The molecule has 0 bridgehead atoms. The molecule has 8 heteroatoms. The zero-order valence-corrected chi connectivity index (χ0v) is 17.0. The highest BCUT2D eigenvalue weighted by atomic mass is 32.2. The minimum atomic E-state index is -3.44. The van der Waals surface area contributed by atoms with Crippen molar-refractivity contribution in [2.45, 2.75) is 38.3 Å². The first-order chi connectivity index (χ1) is 12.5. The molecule has 6 nitrogen and oxygen atoms in total. The summed E-state index contributed by atoms with van der Waals surface area (Å²) in [6.45, 7) is 6.02. The molecule has 142 valence electrons. The second-order valence-corrected chi connectivity index (χ2v) is 8.76. The third kappa shape index (κ3) is 5.82. The predicted octanol–water partition coefficient (Wildman–Crippen LogP) is 2.47. The number of rotatable bonds is 8. The zero-order chi connectivity index (χ0) is 19.0. The number of aryl methyl sites for hydroxylation is 1. The molecule has 0 saturated heterocycles. The van der Waals surface area contributed by atoms with Gasteiger partial charge >= 0.3 is 0 Å². The lowest BCUT2D eigenvalue weighted by atomic mass is 10.2. The van der Waals surface area contributed by atoms with E-state index in [1.807, 2.05) is 13.0 Å². The number of benzene rings is 1. The molecule has 0 spiro atoms. The molecule has 0 radical (unpaired) electrons. The lowest BCUT2D eigenvalue weighted by molar-refractivity contribution is 0.588. The van der Waals surface area contributed by atoms with Gasteiger partial charge in [0.15, 0.2) is 5.96 Å². The van der Waals surface area contributed by atoms with Crippen LogP contribution in [0, 0.1) is 0 Å². The molecule has 1 heterocycles. The number of hydrogen-bond acceptors (Lipinski definition) is 4. The van der Waals surface area contributed by atoms with Crippen molar-refractivity contribution in [3.05, 3.63) is 51.7 Å². The smallest absolute Gasteiger partial charge is 0.240 e. The van der Waals surface area contributed by atoms with Gasteiger partial charge in [-0.15, -0.1) is 11.3 Å². The summed E-state index contributed by atoms with van der Waals surface area (Å²) in [4.78, 5) is 7.43. The van der Waals surface area contributed by atoms with Gasteiger partial charge in [-0.25, -0.2) is 18.1 Å². The van der Waals surface area contributed by atoms with Crippen LogP contribution in [0.5, 0.6) is 0 Å². The summed E-state index contributed by atoms with van der Waals surface area (Å²) in [5.74, 6) is 0.709. The summed E-state index contributed by atoms with van der Waals surface area (Å²) < 4.78 is 26.1. The number of thiophene rings is 1. The Morgan fingerprint density at radius 1 is 1.12 bits per heavy atom. The van der Waals surface area contributed by atoms with Gasteiger partial charge in [-0.1, -0.05) is 19.1 Å². The number of hydrogen-bond donors (Lipinski definition) is 3. The summed E-state index contributed by atoms with van der Waals surface area (Å²) in [6.07, 6.45) is 1.05. The maximum Gasteiger partial charge on any atom is 0.240 e. The van der Waals surface area contributed by atoms with Crippen LogP contribution in [0.2, 0.25) is 0 Å². The highest BCUT2D eigenvalue weighted by Gasteiger charge is 2.11. The van der Waals surface area contributed by atoms with Crippen molar-refractivity contribution >= 4 is 27.3 Å². The van der Waals surface area contributed by atoms with E-state index in [1.54, 1.807) is 29.5 Å². The molecule has 0 aliphatic carbocycles. The zero-order valence-electron chi connectivity index (χ0n) is 15.4. The van der Waals surface area contributed by atoms with Crippen LogP contribution in [-0.4, -0.2) is 28.0 Å². The van der Waals surface area contributed by atoms with E-state index >= 15 is 0 Å². The first kappa shape index (κ1) is 20.4. The Morgan fingerprint density at radius 3 is 2.54 bits per heavy atom. The Bertz CT molecular complexity index is 844. The van der Waals surface area contributed by atoms with Crippen LogP contribution < -0.4 is 15.4 Å². The molecular formula is C18H26N4O2S2. The largest absolute Gasteiger partial charge is 0.357 e. The molecule has 2 rings (SSSR count). The van der Waals surface area contributed by atoms with E-state index in [9.17, 15) is 8.42 Å². The van der Waals surface area contributed by atoms with Gasteiger partial charge in [0.2, 0.25) is 10.0 Å². The van der Waals surface area contributed by atoms with Crippen molar-refractivity contribution in [2.24, 2.45) is 4.99 Å². The Kier molecular flexibility index (Phi) is 7.62. The third-order valence-electron chi connectivity index (χ3n) is 3.74. The van der Waals surface area contributed by atoms with E-state index in [2.05, 4.69) is 39.4 Å². The van der Waals surface area contributed by atoms with Crippen LogP contribution in [0.3, 0.4) is 0 Å². The van der Waals surface area contributed by atoms with Gasteiger partial charge in [0.05, 0.1) is 18.0 Å². The van der Waals surface area contributed by atoms with Gasteiger partial charge in [-0.3, -0.25) is 0 Å². The molecule has 0 fully saturated rings. The third-order valence-corrected chi connectivity index (χ3v) is 6.38. The lowest BCUT2D eigenvalue weighted by Crippen LogP contribution is -2.36. The van der Waals surface area contributed by atoms with Crippen molar-refractivity contribution < 1.29 is 8.42 Å². The average molecular weight is 395 g/mol. The Balaban J connectivity index is 2.05. The number of nitrogens with zero attached hydrogens (tertiary/aromatic N) is 1. The molecule has 0 amide bonds. The van der Waals surface area contributed by atoms with Gasteiger partial charge in [-0.2, -0.15) is 0 Å². The second-order valence-electron chi connectivity index (χ2n) is 5.63. The highest BCUT2D eigenvalue weighted by molar-refractivity contribution is 7.89. The van der Waals surface area contributed by atoms with Crippen molar-refractivity contribution in [3.63, 3.8) is 0 Å². The van der Waals surface area contributed by atoms with Crippen LogP contribution >= 0.6 is 11.3 Å². The standard InChI is InChI=1S/C18H26N4O2S2/c1-4-15-9-10-16(25-15)13-22-18(20-5-2)21-12-14-7-6-8-17(11-14)26(23,24)19-3/h6-11,19H,4-5,12-13H2,1-3H3,(H2,20,21,22). The van der Waals surface area contributed by atoms with E-state index in [0.29, 0.717) is 19.0 Å². The topological polar surface area (TPSA) is 82.6 Å². The minimum absolute atomic E-state index is 0.247. The van der Waals surface area contributed by atoms with E-state index < -0.39 is 10.0 Å². The van der Waals surface area contributed by atoms with Gasteiger partial charge in [0.1, 0.15) is 0 Å². The first-order valence-corrected chi connectivity index (χ1v) is 10.9. The molecule has 0 aliphatic heterocycles. The molecular weight excluding hydrogens is 368 g/mol. The Hall–Kier alpha value is -1.90. The van der Waals surface area contributed by atoms with Gasteiger partial charge in [0, 0.05) is 16.3 Å². The van der Waals surface area contributed by atoms with Crippen molar-refractivity contribution in [1.82, 2.24) is 15.4 Å². The van der Waals surface area contributed by atoms with Crippen molar-refractivity contribution in [2.75, 3.05) is 13.6 Å². The molecule has 2 aromatic rings. The normalized spacial score (nSPS) is 12.2. The quantitative estimate of drug-likeness (QED) is 0.474. The summed E-state index contributed by atoms with van der Waals surface area (Å²) in [5.41, 5.74) is 0.836. The van der Waals surface area contributed by atoms with Crippen LogP contribution in [-0.2, 0) is 29.5 Å². The molecule has 0 aliphatic rings. The van der Waals surface area contributed by atoms with Gasteiger partial charge in [-0.05, 0) is 50.2 Å². The SMILES string of the molecule is CCNC(=NCc1cccc(S(=O)(=O)NC)c1)NCc1ccc(CC)s1. The predicted molar refractivity (Wildman–Crippen MR) is 108 cm³/mol. The fourth-order valence-corrected chi connectivity index (χ4v) is 4.02. The van der Waals surface area contributed by atoms with Gasteiger partial charge in [0.25, 0.3) is 0 Å². The maximum absolute atomic E-state index is 11.9. The van der Waals surface area contributed by atoms with E-state index in [4.69, 9.17) is 0 Å². The molecule has 0 atom stereocenters. The summed E-state index contributed by atoms with van der Waals surface area (Å²) in [7, 11) is -2.04. The summed E-state index contributed by atoms with van der Waals surface area (Å²) in [5, 5.41) is 6.53. The van der Waals surface area contributed by atoms with Crippen LogP contribution in [0.15, 0.2) is 46.3 Å². The van der Waals surface area contributed by atoms with E-state index in [1.165, 1.54) is 16.8 Å². The van der Waals surface area contributed by atoms with E-state index in [0.717, 1.165) is 18.5 Å². The summed E-state index contributed by atoms with van der Waals surface area (Å²) >= 11 is 1.80. The minimum Gasteiger partial charge on any atom is -0.357 e. The fraction of sp³-hybridized carbons (Fsp3) is 0.389. The second kappa shape index (κ2) is 9.70. The molecule has 1 aromatic heterocycles. The molecule has 1 aromatic carbocycles. The van der Waals surface area contributed by atoms with Crippen LogP contribution in [0.4, 0.5) is 0 Å². The first-order valence-electron chi connectivity index (χ1n) is 8.60. The van der Waals surface area contributed by atoms with Crippen LogP contribution in [0.1, 0.15) is 29.2 Å². The highest BCUT2D eigenvalue weighted by Crippen LogP contribution is 2.16. The Morgan fingerprint density at radius 2 is 1.88 bits per heavy atom. The molecule has 0 saturated carbocycles. The van der Waals surface area contributed by atoms with Gasteiger partial charge < -0.3 is 10.6 Å². The lowest BCUT2D eigenvalue weighted by Gasteiger charge is -2.11. The van der Waals surface area contributed by atoms with Crippen molar-refractivity contribution in [3.8, 4) is 0 Å². The number of nitrogens with one attached hydrogen (secondary N) is 3. The summed E-state index contributed by atoms with van der Waals surface area (Å²) in [6, 6.07) is 11.1.